The Morgan fingerprint density at radius 3 is 2.62 bits per heavy atom. The zero-order valence-corrected chi connectivity index (χ0v) is 17.5. The van der Waals surface area contributed by atoms with Crippen LogP contribution in [-0.4, -0.2) is 33.4 Å². The molecule has 0 spiro atoms. The lowest BCUT2D eigenvalue weighted by Gasteiger charge is -2.07. The zero-order chi connectivity index (χ0) is 20.5. The van der Waals surface area contributed by atoms with Gasteiger partial charge >= 0.3 is 0 Å². The largest absolute Gasteiger partial charge is 0.486 e. The lowest BCUT2D eigenvalue weighted by Crippen LogP contribution is -2.27. The van der Waals surface area contributed by atoms with Crippen LogP contribution in [0.15, 0.2) is 59.8 Å². The number of carbonyl (C=O) groups excluding carboxylic acids is 1. The predicted molar refractivity (Wildman–Crippen MR) is 115 cm³/mol. The minimum Gasteiger partial charge on any atom is -0.486 e. The Hall–Kier alpha value is -2.80. The highest BCUT2D eigenvalue weighted by Crippen LogP contribution is 2.19. The fourth-order valence-corrected chi connectivity index (χ4v) is 3.33. The standard InChI is InChI=1S/C22H26N4O2S/c1-16(2)18-8-10-19(11-9-18)28-14-20-24-22(26-25-20)29-15-21(27)23-13-12-17-6-4-3-5-7-17/h3-11,16H,12-15H2,1-2H3,(H,23,27)(H,24,25,26). The number of hydrogen-bond donors (Lipinski definition) is 2. The van der Waals surface area contributed by atoms with E-state index in [2.05, 4.69) is 58.6 Å². The van der Waals surface area contributed by atoms with Crippen molar-refractivity contribution in [3.63, 3.8) is 0 Å². The maximum atomic E-state index is 12.0. The lowest BCUT2D eigenvalue weighted by molar-refractivity contribution is -0.118. The molecule has 0 fully saturated rings. The number of hydrogen-bond acceptors (Lipinski definition) is 5. The van der Waals surface area contributed by atoms with E-state index in [-0.39, 0.29) is 11.7 Å². The summed E-state index contributed by atoms with van der Waals surface area (Å²) in [4.78, 5) is 16.3. The number of H-pyrrole nitrogens is 1. The van der Waals surface area contributed by atoms with Crippen LogP contribution in [0.5, 0.6) is 5.75 Å². The quantitative estimate of drug-likeness (QED) is 0.495. The van der Waals surface area contributed by atoms with Gasteiger partial charge in [-0.05, 0) is 35.6 Å². The van der Waals surface area contributed by atoms with E-state index >= 15 is 0 Å². The molecule has 0 aliphatic heterocycles. The molecule has 0 aliphatic rings. The fourth-order valence-electron chi connectivity index (χ4n) is 2.68. The summed E-state index contributed by atoms with van der Waals surface area (Å²) < 4.78 is 5.74. The number of carbonyl (C=O) groups is 1. The van der Waals surface area contributed by atoms with Crippen molar-refractivity contribution in [3.05, 3.63) is 71.5 Å². The van der Waals surface area contributed by atoms with Crippen LogP contribution in [-0.2, 0) is 17.8 Å². The first-order chi connectivity index (χ1) is 14.1. The Bertz CT molecular complexity index is 895. The molecular weight excluding hydrogens is 384 g/mol. The van der Waals surface area contributed by atoms with Crippen molar-refractivity contribution in [1.82, 2.24) is 20.5 Å². The Balaban J connectivity index is 1.36. The van der Waals surface area contributed by atoms with E-state index in [0.717, 1.165) is 12.2 Å². The number of thioether (sulfide) groups is 1. The third-order valence-electron chi connectivity index (χ3n) is 4.34. The number of aromatic nitrogens is 3. The van der Waals surface area contributed by atoms with E-state index in [1.807, 2.05) is 30.3 Å². The summed E-state index contributed by atoms with van der Waals surface area (Å²) in [6.07, 6.45) is 0.817. The molecule has 7 heteroatoms. The minimum absolute atomic E-state index is 0.0289. The highest BCUT2D eigenvalue weighted by atomic mass is 32.2. The lowest BCUT2D eigenvalue weighted by atomic mass is 10.0. The maximum Gasteiger partial charge on any atom is 0.230 e. The number of aromatic amines is 1. The average molecular weight is 411 g/mol. The molecular formula is C22H26N4O2S. The van der Waals surface area contributed by atoms with Gasteiger partial charge in [-0.1, -0.05) is 68.1 Å². The molecule has 1 amide bonds. The summed E-state index contributed by atoms with van der Waals surface area (Å²) in [7, 11) is 0. The number of benzene rings is 2. The van der Waals surface area contributed by atoms with Crippen molar-refractivity contribution in [2.75, 3.05) is 12.3 Å². The van der Waals surface area contributed by atoms with Crippen LogP contribution >= 0.6 is 11.8 Å². The number of nitrogens with one attached hydrogen (secondary N) is 2. The third-order valence-corrected chi connectivity index (χ3v) is 5.19. The van der Waals surface area contributed by atoms with Crippen LogP contribution in [0.2, 0.25) is 0 Å². The summed E-state index contributed by atoms with van der Waals surface area (Å²) in [5.74, 6) is 2.17. The molecule has 3 rings (SSSR count). The minimum atomic E-state index is -0.0289. The van der Waals surface area contributed by atoms with Gasteiger partial charge in [-0.2, -0.15) is 0 Å². The topological polar surface area (TPSA) is 79.9 Å². The van der Waals surface area contributed by atoms with E-state index in [0.29, 0.717) is 30.1 Å². The van der Waals surface area contributed by atoms with Crippen molar-refractivity contribution < 1.29 is 9.53 Å². The molecule has 0 saturated heterocycles. The Morgan fingerprint density at radius 1 is 1.14 bits per heavy atom. The number of nitrogens with zero attached hydrogens (tertiary/aromatic N) is 2. The predicted octanol–water partition coefficient (Wildman–Crippen LogP) is 3.96. The number of ether oxygens (including phenoxy) is 1. The van der Waals surface area contributed by atoms with Gasteiger partial charge in [-0.15, -0.1) is 5.10 Å². The van der Waals surface area contributed by atoms with E-state index in [1.165, 1.54) is 22.9 Å². The molecule has 0 aliphatic carbocycles. The van der Waals surface area contributed by atoms with Crippen LogP contribution in [0.1, 0.15) is 36.7 Å². The van der Waals surface area contributed by atoms with Gasteiger partial charge in [-0.25, -0.2) is 4.98 Å². The Labute approximate surface area is 175 Å². The molecule has 0 bridgehead atoms. The molecule has 0 unspecified atom stereocenters. The SMILES string of the molecule is CC(C)c1ccc(OCc2nc(SCC(=O)NCCc3ccccc3)n[nH]2)cc1. The molecule has 152 valence electrons. The molecule has 29 heavy (non-hydrogen) atoms. The van der Waals surface area contributed by atoms with Crippen molar-refractivity contribution in [3.8, 4) is 5.75 Å². The van der Waals surface area contributed by atoms with Gasteiger partial charge in [0.1, 0.15) is 12.4 Å². The van der Waals surface area contributed by atoms with E-state index in [9.17, 15) is 4.79 Å². The summed E-state index contributed by atoms with van der Waals surface area (Å²) >= 11 is 1.30. The zero-order valence-electron chi connectivity index (χ0n) is 16.7. The highest BCUT2D eigenvalue weighted by Gasteiger charge is 2.08. The van der Waals surface area contributed by atoms with Crippen molar-refractivity contribution in [2.24, 2.45) is 0 Å². The first-order valence-corrected chi connectivity index (χ1v) is 10.7. The molecule has 2 N–H and O–H groups in total. The van der Waals surface area contributed by atoms with Crippen molar-refractivity contribution in [1.29, 1.82) is 0 Å². The first kappa shape index (κ1) is 20.9. The average Bonchev–Trinajstić information content (AvgIpc) is 3.20. The van der Waals surface area contributed by atoms with Crippen LogP contribution in [0.25, 0.3) is 0 Å². The van der Waals surface area contributed by atoms with Gasteiger partial charge in [0.15, 0.2) is 5.82 Å². The molecule has 0 radical (unpaired) electrons. The number of amides is 1. The van der Waals surface area contributed by atoms with Crippen molar-refractivity contribution in [2.45, 2.75) is 37.9 Å². The second kappa shape index (κ2) is 10.7. The van der Waals surface area contributed by atoms with Gasteiger partial charge < -0.3 is 10.1 Å². The summed E-state index contributed by atoms with van der Waals surface area (Å²) in [5, 5.41) is 10.4. The van der Waals surface area contributed by atoms with E-state index in [1.54, 1.807) is 0 Å². The molecule has 1 aromatic heterocycles. The summed E-state index contributed by atoms with van der Waals surface area (Å²) in [5.41, 5.74) is 2.48. The monoisotopic (exact) mass is 410 g/mol. The van der Waals surface area contributed by atoms with Gasteiger partial charge in [0.25, 0.3) is 0 Å². The smallest absolute Gasteiger partial charge is 0.230 e. The number of rotatable bonds is 10. The van der Waals surface area contributed by atoms with E-state index < -0.39 is 0 Å². The second-order valence-corrected chi connectivity index (χ2v) is 7.89. The van der Waals surface area contributed by atoms with Crippen LogP contribution in [0.4, 0.5) is 0 Å². The molecule has 0 saturated carbocycles. The van der Waals surface area contributed by atoms with E-state index in [4.69, 9.17) is 4.74 Å². The van der Waals surface area contributed by atoms with Crippen LogP contribution in [0.3, 0.4) is 0 Å². The third kappa shape index (κ3) is 6.94. The van der Waals surface area contributed by atoms with Gasteiger partial charge in [-0.3, -0.25) is 9.89 Å². The molecule has 6 nitrogen and oxygen atoms in total. The van der Waals surface area contributed by atoms with Gasteiger partial charge in [0.2, 0.25) is 11.1 Å². The second-order valence-electron chi connectivity index (χ2n) is 6.95. The highest BCUT2D eigenvalue weighted by molar-refractivity contribution is 7.99. The fraction of sp³-hybridized carbons (Fsp3) is 0.318. The van der Waals surface area contributed by atoms with Crippen LogP contribution < -0.4 is 10.1 Å². The normalized spacial score (nSPS) is 10.9. The first-order valence-electron chi connectivity index (χ1n) is 9.67. The maximum absolute atomic E-state index is 12.0. The van der Waals surface area contributed by atoms with Crippen molar-refractivity contribution >= 4 is 17.7 Å². The molecule has 1 heterocycles. The van der Waals surface area contributed by atoms with Gasteiger partial charge in [0.05, 0.1) is 5.75 Å². The summed E-state index contributed by atoms with van der Waals surface area (Å²) in [6.45, 7) is 5.24. The molecule has 0 atom stereocenters. The summed E-state index contributed by atoms with van der Waals surface area (Å²) in [6, 6.07) is 18.1. The van der Waals surface area contributed by atoms with Gasteiger partial charge in [0, 0.05) is 6.54 Å². The van der Waals surface area contributed by atoms with Crippen LogP contribution in [0, 0.1) is 0 Å². The Kier molecular flexibility index (Phi) is 7.69. The Morgan fingerprint density at radius 2 is 1.90 bits per heavy atom. The molecule has 3 aromatic rings. The molecule has 2 aromatic carbocycles.